The van der Waals surface area contributed by atoms with Gasteiger partial charge in [0.1, 0.15) is 11.2 Å². The van der Waals surface area contributed by atoms with Gasteiger partial charge in [-0.25, -0.2) is 15.0 Å². The minimum absolute atomic E-state index is 0.00797. The SMILES string of the molecule is [2H]c1cc([2H])c2oc3ccc([2H])c(-c4nc(-c5cccc(-c6c([2H])c([2H])c([2H])c([2H])c6[2H])c5)nc(-c5ccc(-c6ccc7ccccc7c6)c(-c6c([2H])c([2H])c([2H])c([2H])c6[2H])c5)n4)c3c2c1. The Morgan fingerprint density at radius 1 is 0.377 bits per heavy atom. The van der Waals surface area contributed by atoms with E-state index >= 15 is 0 Å². The molecule has 0 N–H and O–H groups in total. The summed E-state index contributed by atoms with van der Waals surface area (Å²) in [4.78, 5) is 14.8. The van der Waals surface area contributed by atoms with E-state index in [4.69, 9.17) is 35.8 Å². The Morgan fingerprint density at radius 2 is 1.09 bits per heavy atom. The zero-order chi connectivity index (χ0) is 46.5. The van der Waals surface area contributed by atoms with Crippen molar-refractivity contribution in [3.63, 3.8) is 0 Å². The minimum Gasteiger partial charge on any atom is -0.456 e. The molecule has 53 heavy (non-hydrogen) atoms. The first kappa shape index (κ1) is 20.0. The molecule has 10 aromatic rings. The summed E-state index contributed by atoms with van der Waals surface area (Å²) in [6, 6.07) is 26.5. The lowest BCUT2D eigenvalue weighted by molar-refractivity contribution is 0.669. The average Bonchev–Trinajstić information content (AvgIpc) is 3.70. The lowest BCUT2D eigenvalue weighted by atomic mass is 9.91. The number of fused-ring (bicyclic) bond motifs is 4. The molecule has 4 nitrogen and oxygen atoms in total. The third-order valence-corrected chi connectivity index (χ3v) is 9.08. The third-order valence-electron chi connectivity index (χ3n) is 9.08. The van der Waals surface area contributed by atoms with Crippen LogP contribution in [-0.4, -0.2) is 15.0 Å². The van der Waals surface area contributed by atoms with E-state index in [9.17, 15) is 1.37 Å². The molecule has 0 radical (unpaired) electrons. The Labute approximate surface area is 325 Å². The Bertz CT molecular complexity index is 3660. The van der Waals surface area contributed by atoms with Crippen LogP contribution in [0.4, 0.5) is 0 Å². The highest BCUT2D eigenvalue weighted by Gasteiger charge is 2.19. The first-order valence-corrected chi connectivity index (χ1v) is 16.7. The van der Waals surface area contributed by atoms with Crippen LogP contribution in [-0.2, 0) is 0 Å². The lowest BCUT2D eigenvalue weighted by Gasteiger charge is -2.14. The molecule has 2 heterocycles. The number of rotatable bonds is 6. The van der Waals surface area contributed by atoms with Gasteiger partial charge in [0.05, 0.1) is 17.8 Å². The van der Waals surface area contributed by atoms with Crippen molar-refractivity contribution in [1.29, 1.82) is 0 Å². The van der Waals surface area contributed by atoms with E-state index in [1.807, 2.05) is 42.5 Å². The summed E-state index contributed by atoms with van der Waals surface area (Å²) in [5.74, 6) is 0.0959. The van der Waals surface area contributed by atoms with Crippen LogP contribution in [0, 0.1) is 0 Å². The topological polar surface area (TPSA) is 51.8 Å². The summed E-state index contributed by atoms with van der Waals surface area (Å²) in [5, 5.41) is 2.67. The maximum atomic E-state index is 9.22. The number of benzene rings is 8. The molecule has 4 heteroatoms. The molecular formula is C49H31N3O. The second-order valence-corrected chi connectivity index (χ2v) is 12.2. The summed E-state index contributed by atoms with van der Waals surface area (Å²) in [7, 11) is 0. The second-order valence-electron chi connectivity index (χ2n) is 12.2. The molecule has 0 aliphatic rings. The highest BCUT2D eigenvalue weighted by Crippen LogP contribution is 2.39. The van der Waals surface area contributed by atoms with Gasteiger partial charge in [0.25, 0.3) is 0 Å². The molecule has 0 unspecified atom stereocenters. The van der Waals surface area contributed by atoms with E-state index in [1.54, 1.807) is 48.5 Å². The number of hydrogen-bond donors (Lipinski definition) is 0. The predicted octanol–water partition coefficient (Wildman–Crippen LogP) is 12.9. The molecule has 2 aromatic heterocycles. The Kier molecular flexibility index (Phi) is 4.86. The molecule has 0 saturated heterocycles. The fraction of sp³-hybridized carbons (Fsp3) is 0. The zero-order valence-corrected chi connectivity index (χ0v) is 27.6. The maximum Gasteiger partial charge on any atom is 0.164 e. The lowest BCUT2D eigenvalue weighted by Crippen LogP contribution is -2.01. The minimum atomic E-state index is -0.544. The van der Waals surface area contributed by atoms with Gasteiger partial charge in [-0.3, -0.25) is 0 Å². The van der Waals surface area contributed by atoms with Gasteiger partial charge in [0.15, 0.2) is 17.5 Å². The first-order chi connectivity index (χ1) is 31.6. The van der Waals surface area contributed by atoms with Crippen molar-refractivity contribution in [2.45, 2.75) is 0 Å². The van der Waals surface area contributed by atoms with Crippen molar-refractivity contribution in [1.82, 2.24) is 15.0 Å². The van der Waals surface area contributed by atoms with Crippen molar-refractivity contribution >= 4 is 32.7 Å². The monoisotopic (exact) mass is 690 g/mol. The van der Waals surface area contributed by atoms with Crippen LogP contribution in [0.5, 0.6) is 0 Å². The van der Waals surface area contributed by atoms with Crippen LogP contribution in [0.25, 0.3) is 100 Å². The van der Waals surface area contributed by atoms with Crippen molar-refractivity contribution in [2.75, 3.05) is 0 Å². The molecule has 0 fully saturated rings. The van der Waals surface area contributed by atoms with Gasteiger partial charge in [0.2, 0.25) is 0 Å². The fourth-order valence-corrected chi connectivity index (χ4v) is 6.60. The van der Waals surface area contributed by atoms with E-state index in [0.29, 0.717) is 44.2 Å². The molecule has 8 aromatic carbocycles. The summed E-state index contributed by atoms with van der Waals surface area (Å²) >= 11 is 0. The van der Waals surface area contributed by atoms with E-state index in [0.717, 1.165) is 10.8 Å². The Balaban J connectivity index is 1.27. The highest BCUT2D eigenvalue weighted by molar-refractivity contribution is 6.11. The number of nitrogens with zero attached hydrogens (tertiary/aromatic N) is 3. The normalized spacial score (nSPS) is 14.8. The quantitative estimate of drug-likeness (QED) is 0.174. The smallest absolute Gasteiger partial charge is 0.164 e. The number of furan rings is 1. The molecule has 248 valence electrons. The molecule has 0 amide bonds. The third kappa shape index (κ3) is 5.63. The van der Waals surface area contributed by atoms with Gasteiger partial charge in [-0.05, 0) is 74.5 Å². The summed E-state index contributed by atoms with van der Waals surface area (Å²) in [5.41, 5.74) is 3.15. The van der Waals surface area contributed by atoms with E-state index in [1.165, 1.54) is 18.2 Å². The predicted molar refractivity (Wildman–Crippen MR) is 217 cm³/mol. The molecule has 0 spiro atoms. The van der Waals surface area contributed by atoms with Crippen LogP contribution in [0.15, 0.2) is 192 Å². The van der Waals surface area contributed by atoms with Gasteiger partial charge in [-0.1, -0.05) is 157 Å². The van der Waals surface area contributed by atoms with Crippen molar-refractivity contribution in [3.8, 4) is 67.5 Å². The number of aromatic nitrogens is 3. The van der Waals surface area contributed by atoms with Gasteiger partial charge < -0.3 is 4.42 Å². The Hall–Kier alpha value is -7.17. The highest BCUT2D eigenvalue weighted by atomic mass is 16.3. The second kappa shape index (κ2) is 12.9. The van der Waals surface area contributed by atoms with Gasteiger partial charge >= 0.3 is 0 Å². The molecule has 0 aliphatic carbocycles. The van der Waals surface area contributed by atoms with E-state index < -0.39 is 60.4 Å². The van der Waals surface area contributed by atoms with Gasteiger partial charge in [-0.2, -0.15) is 0 Å². The number of hydrogen-bond acceptors (Lipinski definition) is 4. The van der Waals surface area contributed by atoms with E-state index in [2.05, 4.69) is 0 Å². The summed E-state index contributed by atoms with van der Waals surface area (Å²) in [6.07, 6.45) is 0. The van der Waals surface area contributed by atoms with Crippen LogP contribution >= 0.6 is 0 Å². The summed E-state index contributed by atoms with van der Waals surface area (Å²) < 4.78 is 118. The molecule has 0 bridgehead atoms. The standard InChI is InChI=1S/C49H31N3O/c1-3-13-32(14-4-1)36-19-11-20-38(30-36)47-50-48(52-49(51-47)42-22-12-24-45-46(42)41-21-9-10-23-44(41)53-45)39-27-28-40(43(31-39)34-16-5-2-6-17-34)37-26-25-33-15-7-8-18-35(33)29-37/h1-31H/i1D,2D,3D,4D,5D,6D,9D,13D,14D,16D,17D,22D,23D. The van der Waals surface area contributed by atoms with Crippen molar-refractivity contribution < 1.29 is 22.2 Å². The van der Waals surface area contributed by atoms with Crippen LogP contribution in [0.1, 0.15) is 17.8 Å². The first-order valence-electron chi connectivity index (χ1n) is 23.2. The molecule has 0 aliphatic heterocycles. The van der Waals surface area contributed by atoms with Crippen molar-refractivity contribution in [3.05, 3.63) is 188 Å². The average molecular weight is 691 g/mol. The summed E-state index contributed by atoms with van der Waals surface area (Å²) in [6.45, 7) is 0. The maximum absolute atomic E-state index is 9.22. The van der Waals surface area contributed by atoms with Crippen LogP contribution in [0.2, 0.25) is 0 Å². The van der Waals surface area contributed by atoms with Crippen LogP contribution < -0.4 is 0 Å². The largest absolute Gasteiger partial charge is 0.456 e. The van der Waals surface area contributed by atoms with Gasteiger partial charge in [0, 0.05) is 27.5 Å². The fourth-order valence-electron chi connectivity index (χ4n) is 6.60. The van der Waals surface area contributed by atoms with Gasteiger partial charge in [-0.15, -0.1) is 0 Å². The Morgan fingerprint density at radius 3 is 1.92 bits per heavy atom. The molecular weight excluding hydrogens is 647 g/mol. The number of para-hydroxylation sites is 1. The van der Waals surface area contributed by atoms with Crippen molar-refractivity contribution in [2.24, 2.45) is 0 Å². The molecule has 0 atom stereocenters. The van der Waals surface area contributed by atoms with E-state index in [-0.39, 0.29) is 63.4 Å². The zero-order valence-electron chi connectivity index (χ0n) is 40.6. The molecule has 10 rings (SSSR count). The van der Waals surface area contributed by atoms with Crippen LogP contribution in [0.3, 0.4) is 0 Å². The molecule has 0 saturated carbocycles.